The summed E-state index contributed by atoms with van der Waals surface area (Å²) in [5.74, 6) is 1.10. The number of nitrogens with two attached hydrogens (primary N) is 1. The van der Waals surface area contributed by atoms with Gasteiger partial charge < -0.3 is 5.73 Å². The monoisotopic (exact) mass is 204 g/mol. The summed E-state index contributed by atoms with van der Waals surface area (Å²) in [5, 5.41) is 2.81. The van der Waals surface area contributed by atoms with Crippen LogP contribution in [0.1, 0.15) is 11.9 Å². The van der Waals surface area contributed by atoms with E-state index in [2.05, 4.69) is 4.98 Å². The lowest BCUT2D eigenvalue weighted by molar-refractivity contribution is 0.676. The van der Waals surface area contributed by atoms with E-state index in [1.165, 1.54) is 11.3 Å². The van der Waals surface area contributed by atoms with Crippen LogP contribution >= 0.6 is 11.3 Å². The quantitative estimate of drug-likeness (QED) is 0.787. The average Bonchev–Trinajstić information content (AvgIpc) is 2.37. The van der Waals surface area contributed by atoms with Crippen molar-refractivity contribution < 1.29 is 4.21 Å². The second-order valence-electron chi connectivity index (χ2n) is 2.65. The molecule has 2 atom stereocenters. The Hall–Kier alpha value is -0.260. The average molecular weight is 204 g/mol. The summed E-state index contributed by atoms with van der Waals surface area (Å²) < 4.78 is 11.3. The van der Waals surface area contributed by atoms with Gasteiger partial charge in [0, 0.05) is 34.2 Å². The molecule has 5 heteroatoms. The molecule has 2 N–H and O–H groups in total. The fraction of sp³-hybridized carbons (Fsp3) is 0.571. The molecule has 1 aromatic rings. The highest BCUT2D eigenvalue weighted by Crippen LogP contribution is 2.07. The van der Waals surface area contributed by atoms with Gasteiger partial charge in [0.05, 0.1) is 5.75 Å². The number of hydrogen-bond donors (Lipinski definition) is 1. The van der Waals surface area contributed by atoms with Crippen LogP contribution in [0, 0.1) is 0 Å². The van der Waals surface area contributed by atoms with Crippen LogP contribution in [0.3, 0.4) is 0 Å². The molecule has 1 rings (SSSR count). The number of rotatable bonds is 4. The van der Waals surface area contributed by atoms with Gasteiger partial charge in [0.2, 0.25) is 0 Å². The molecule has 2 unspecified atom stereocenters. The molecule has 0 fully saturated rings. The van der Waals surface area contributed by atoms with Crippen molar-refractivity contribution in [1.82, 2.24) is 4.98 Å². The van der Waals surface area contributed by atoms with Gasteiger partial charge in [-0.15, -0.1) is 11.3 Å². The topological polar surface area (TPSA) is 56.0 Å². The minimum absolute atomic E-state index is 0.00537. The lowest BCUT2D eigenvalue weighted by Crippen LogP contribution is -2.23. The van der Waals surface area contributed by atoms with Crippen LogP contribution in [0.15, 0.2) is 11.6 Å². The van der Waals surface area contributed by atoms with Crippen molar-refractivity contribution >= 4 is 22.1 Å². The summed E-state index contributed by atoms with van der Waals surface area (Å²) in [5.41, 5.74) is 5.51. The molecule has 0 saturated heterocycles. The van der Waals surface area contributed by atoms with Crippen LogP contribution in [0.2, 0.25) is 0 Å². The van der Waals surface area contributed by atoms with Gasteiger partial charge in [-0.1, -0.05) is 0 Å². The first-order valence-electron chi connectivity index (χ1n) is 3.67. The zero-order valence-electron chi connectivity index (χ0n) is 6.90. The molecular weight excluding hydrogens is 192 g/mol. The van der Waals surface area contributed by atoms with Crippen LogP contribution in [0.5, 0.6) is 0 Å². The van der Waals surface area contributed by atoms with Gasteiger partial charge in [0.1, 0.15) is 5.01 Å². The molecule has 0 radical (unpaired) electrons. The Morgan fingerprint density at radius 1 is 1.83 bits per heavy atom. The van der Waals surface area contributed by atoms with E-state index < -0.39 is 10.8 Å². The normalized spacial score (nSPS) is 15.8. The third-order valence-electron chi connectivity index (χ3n) is 1.22. The Kier molecular flexibility index (Phi) is 3.84. The molecule has 1 heterocycles. The SMILES string of the molecule is CC(N)CS(=O)Cc1nccs1. The largest absolute Gasteiger partial charge is 0.327 e. The van der Waals surface area contributed by atoms with E-state index in [-0.39, 0.29) is 6.04 Å². The van der Waals surface area contributed by atoms with E-state index in [4.69, 9.17) is 5.73 Å². The third kappa shape index (κ3) is 3.42. The standard InChI is InChI=1S/C7H12N2OS2/c1-6(8)4-12(10)5-7-9-2-3-11-7/h2-3,6H,4-5,8H2,1H3. The molecule has 0 spiro atoms. The molecule has 0 aliphatic heterocycles. The van der Waals surface area contributed by atoms with E-state index in [1.807, 2.05) is 12.3 Å². The highest BCUT2D eigenvalue weighted by Gasteiger charge is 2.05. The summed E-state index contributed by atoms with van der Waals surface area (Å²) >= 11 is 1.53. The lowest BCUT2D eigenvalue weighted by Gasteiger charge is -2.02. The minimum Gasteiger partial charge on any atom is -0.327 e. The van der Waals surface area contributed by atoms with E-state index >= 15 is 0 Å². The molecule has 0 saturated carbocycles. The summed E-state index contributed by atoms with van der Waals surface area (Å²) in [6.07, 6.45) is 1.73. The first-order chi connectivity index (χ1) is 5.68. The maximum Gasteiger partial charge on any atom is 0.105 e. The predicted octanol–water partition coefficient (Wildman–Crippen LogP) is 0.739. The van der Waals surface area contributed by atoms with Crippen molar-refractivity contribution in [3.8, 4) is 0 Å². The van der Waals surface area contributed by atoms with E-state index in [9.17, 15) is 4.21 Å². The highest BCUT2D eigenvalue weighted by molar-refractivity contribution is 7.84. The molecule has 0 aliphatic rings. The van der Waals surface area contributed by atoms with Gasteiger partial charge in [-0.25, -0.2) is 4.98 Å². The maximum absolute atomic E-state index is 11.3. The molecular formula is C7H12N2OS2. The van der Waals surface area contributed by atoms with Crippen molar-refractivity contribution in [2.75, 3.05) is 5.75 Å². The second kappa shape index (κ2) is 4.69. The van der Waals surface area contributed by atoms with Crippen LogP contribution in [0.25, 0.3) is 0 Å². The first-order valence-corrected chi connectivity index (χ1v) is 6.04. The van der Waals surface area contributed by atoms with Gasteiger partial charge in [0.25, 0.3) is 0 Å². The van der Waals surface area contributed by atoms with Crippen molar-refractivity contribution in [3.63, 3.8) is 0 Å². The molecule has 0 amide bonds. The minimum atomic E-state index is -0.857. The number of thiazole rings is 1. The van der Waals surface area contributed by atoms with E-state index in [1.54, 1.807) is 6.20 Å². The summed E-state index contributed by atoms with van der Waals surface area (Å²) in [6, 6.07) is 0.00537. The van der Waals surface area contributed by atoms with E-state index in [0.717, 1.165) is 5.01 Å². The van der Waals surface area contributed by atoms with Crippen molar-refractivity contribution in [1.29, 1.82) is 0 Å². The highest BCUT2D eigenvalue weighted by atomic mass is 32.2. The number of hydrogen-bond acceptors (Lipinski definition) is 4. The predicted molar refractivity (Wildman–Crippen MR) is 52.5 cm³/mol. The van der Waals surface area contributed by atoms with Crippen LogP contribution in [0.4, 0.5) is 0 Å². The molecule has 3 nitrogen and oxygen atoms in total. The van der Waals surface area contributed by atoms with E-state index in [0.29, 0.717) is 11.5 Å². The maximum atomic E-state index is 11.3. The van der Waals surface area contributed by atoms with Gasteiger partial charge in [-0.05, 0) is 6.92 Å². The van der Waals surface area contributed by atoms with Crippen molar-refractivity contribution in [3.05, 3.63) is 16.6 Å². The Bertz CT molecular complexity index is 246. The summed E-state index contributed by atoms with van der Waals surface area (Å²) in [7, 11) is -0.857. The molecule has 0 bridgehead atoms. The summed E-state index contributed by atoms with van der Waals surface area (Å²) in [6.45, 7) is 1.86. The smallest absolute Gasteiger partial charge is 0.105 e. The Balaban J connectivity index is 2.37. The summed E-state index contributed by atoms with van der Waals surface area (Å²) in [4.78, 5) is 4.05. The molecule has 0 aliphatic carbocycles. The zero-order chi connectivity index (χ0) is 8.97. The third-order valence-corrected chi connectivity index (χ3v) is 3.67. The first kappa shape index (κ1) is 9.83. The van der Waals surface area contributed by atoms with Crippen LogP contribution in [-0.4, -0.2) is 21.0 Å². The van der Waals surface area contributed by atoms with Gasteiger partial charge in [-0.3, -0.25) is 4.21 Å². The van der Waals surface area contributed by atoms with Crippen molar-refractivity contribution in [2.24, 2.45) is 5.73 Å². The zero-order valence-corrected chi connectivity index (χ0v) is 8.53. The van der Waals surface area contributed by atoms with Crippen molar-refractivity contribution in [2.45, 2.75) is 18.7 Å². The fourth-order valence-corrected chi connectivity index (χ4v) is 2.94. The van der Waals surface area contributed by atoms with Gasteiger partial charge >= 0.3 is 0 Å². The molecule has 68 valence electrons. The Morgan fingerprint density at radius 2 is 2.58 bits per heavy atom. The molecule has 12 heavy (non-hydrogen) atoms. The lowest BCUT2D eigenvalue weighted by atomic mass is 10.4. The molecule has 1 aromatic heterocycles. The number of nitrogens with zero attached hydrogens (tertiary/aromatic N) is 1. The Labute approximate surface area is 78.5 Å². The van der Waals surface area contributed by atoms with Crippen LogP contribution in [-0.2, 0) is 16.6 Å². The second-order valence-corrected chi connectivity index (χ2v) is 5.13. The Morgan fingerprint density at radius 3 is 3.08 bits per heavy atom. The van der Waals surface area contributed by atoms with Crippen LogP contribution < -0.4 is 5.73 Å². The van der Waals surface area contributed by atoms with Gasteiger partial charge in [0.15, 0.2) is 0 Å². The van der Waals surface area contributed by atoms with Gasteiger partial charge in [-0.2, -0.15) is 0 Å². The fourth-order valence-electron chi connectivity index (χ4n) is 0.814. The number of aromatic nitrogens is 1. The molecule has 0 aromatic carbocycles.